The van der Waals surface area contributed by atoms with E-state index in [2.05, 4.69) is 15.3 Å². The van der Waals surface area contributed by atoms with Gasteiger partial charge in [0, 0.05) is 13.1 Å². The van der Waals surface area contributed by atoms with Crippen molar-refractivity contribution in [2.24, 2.45) is 0 Å². The van der Waals surface area contributed by atoms with Crippen molar-refractivity contribution in [2.45, 2.75) is 20.0 Å². The lowest BCUT2D eigenvalue weighted by molar-refractivity contribution is -0.136. The maximum absolute atomic E-state index is 13.0. The van der Waals surface area contributed by atoms with E-state index >= 15 is 0 Å². The first-order chi connectivity index (χ1) is 11.4. The molecule has 2 rings (SSSR count). The Morgan fingerprint density at radius 1 is 1.12 bits per heavy atom. The molecule has 1 aromatic carbocycles. The van der Waals surface area contributed by atoms with Crippen molar-refractivity contribution in [3.8, 4) is 0 Å². The molecule has 0 aliphatic rings. The number of benzene rings is 1. The summed E-state index contributed by atoms with van der Waals surface area (Å²) in [4.78, 5) is 21.7. The van der Waals surface area contributed by atoms with Crippen LogP contribution < -0.4 is 5.32 Å². The number of nitrogens with one attached hydrogen (secondary N) is 1. The van der Waals surface area contributed by atoms with Gasteiger partial charge in [-0.05, 0) is 26.0 Å². The summed E-state index contributed by atoms with van der Waals surface area (Å²) in [6.07, 6.45) is -1.99. The number of halogens is 3. The molecule has 1 heterocycles. The first-order valence-corrected chi connectivity index (χ1v) is 7.41. The van der Waals surface area contributed by atoms with E-state index in [-0.39, 0.29) is 23.1 Å². The second-order valence-electron chi connectivity index (χ2n) is 4.93. The van der Waals surface area contributed by atoms with Crippen LogP contribution in [0.1, 0.15) is 29.9 Å². The summed E-state index contributed by atoms with van der Waals surface area (Å²) < 4.78 is 38.9. The monoisotopic (exact) mass is 338 g/mol. The Morgan fingerprint density at radius 2 is 1.79 bits per heavy atom. The van der Waals surface area contributed by atoms with Crippen molar-refractivity contribution in [1.29, 1.82) is 0 Å². The molecule has 1 N–H and O–H groups in total. The van der Waals surface area contributed by atoms with Crippen LogP contribution in [0.25, 0.3) is 0 Å². The Kier molecular flexibility index (Phi) is 5.38. The lowest BCUT2D eigenvalue weighted by atomic mass is 10.1. The zero-order chi connectivity index (χ0) is 17.7. The predicted molar refractivity (Wildman–Crippen MR) is 84.0 cm³/mol. The largest absolute Gasteiger partial charge is 0.418 e. The van der Waals surface area contributed by atoms with Gasteiger partial charge in [-0.15, -0.1) is 0 Å². The minimum Gasteiger partial charge on any atom is -0.338 e. The molecule has 2 aromatic rings. The zero-order valence-electron chi connectivity index (χ0n) is 13.3. The summed E-state index contributed by atoms with van der Waals surface area (Å²) in [6.45, 7) is 4.77. The molecule has 0 aliphatic heterocycles. The van der Waals surface area contributed by atoms with Crippen LogP contribution in [-0.2, 0) is 6.18 Å². The van der Waals surface area contributed by atoms with Crippen molar-refractivity contribution >= 4 is 17.4 Å². The van der Waals surface area contributed by atoms with E-state index in [9.17, 15) is 18.0 Å². The molecule has 0 spiro atoms. The average molecular weight is 338 g/mol. The number of hydrogen-bond donors (Lipinski definition) is 1. The summed E-state index contributed by atoms with van der Waals surface area (Å²) >= 11 is 0. The van der Waals surface area contributed by atoms with Gasteiger partial charge in [0.05, 0.1) is 23.6 Å². The third-order valence-corrected chi connectivity index (χ3v) is 3.42. The quantitative estimate of drug-likeness (QED) is 0.903. The van der Waals surface area contributed by atoms with E-state index < -0.39 is 11.7 Å². The van der Waals surface area contributed by atoms with Gasteiger partial charge in [-0.2, -0.15) is 13.2 Å². The Morgan fingerprint density at radius 3 is 2.33 bits per heavy atom. The Balaban J connectivity index is 2.20. The molecular weight excluding hydrogens is 321 g/mol. The number of aromatic nitrogens is 2. The smallest absolute Gasteiger partial charge is 0.338 e. The summed E-state index contributed by atoms with van der Waals surface area (Å²) in [7, 11) is 0. The molecule has 0 bridgehead atoms. The Hall–Kier alpha value is -2.64. The molecule has 24 heavy (non-hydrogen) atoms. The Labute approximate surface area is 137 Å². The molecule has 0 fully saturated rings. The van der Waals surface area contributed by atoms with Crippen LogP contribution in [0.3, 0.4) is 0 Å². The SMILES string of the molecule is CCN(CC)C(=O)c1cnc(Nc2ccccc2C(F)(F)F)cn1. The van der Waals surface area contributed by atoms with Crippen LogP contribution in [0.4, 0.5) is 24.7 Å². The molecule has 8 heteroatoms. The summed E-state index contributed by atoms with van der Waals surface area (Å²) in [6, 6.07) is 5.09. The van der Waals surface area contributed by atoms with Crippen LogP contribution in [0.2, 0.25) is 0 Å². The summed E-state index contributed by atoms with van der Waals surface area (Å²) in [5.41, 5.74) is -0.773. The van der Waals surface area contributed by atoms with Crippen molar-refractivity contribution in [3.05, 3.63) is 47.9 Å². The van der Waals surface area contributed by atoms with Gasteiger partial charge in [-0.3, -0.25) is 4.79 Å². The number of para-hydroxylation sites is 1. The molecule has 0 aliphatic carbocycles. The van der Waals surface area contributed by atoms with Crippen LogP contribution in [0.15, 0.2) is 36.7 Å². The highest BCUT2D eigenvalue weighted by molar-refractivity contribution is 5.92. The highest BCUT2D eigenvalue weighted by Gasteiger charge is 2.33. The molecule has 0 saturated carbocycles. The second-order valence-corrected chi connectivity index (χ2v) is 4.93. The van der Waals surface area contributed by atoms with Crippen molar-refractivity contribution in [3.63, 3.8) is 0 Å². The number of rotatable bonds is 5. The van der Waals surface area contributed by atoms with Gasteiger partial charge >= 0.3 is 6.18 Å². The number of nitrogens with zero attached hydrogens (tertiary/aromatic N) is 3. The number of anilines is 2. The van der Waals surface area contributed by atoms with Gasteiger partial charge in [-0.1, -0.05) is 12.1 Å². The van der Waals surface area contributed by atoms with E-state index in [1.54, 1.807) is 4.90 Å². The van der Waals surface area contributed by atoms with E-state index in [1.165, 1.54) is 30.6 Å². The second kappa shape index (κ2) is 7.29. The van der Waals surface area contributed by atoms with E-state index in [4.69, 9.17) is 0 Å². The molecule has 0 radical (unpaired) electrons. The average Bonchev–Trinajstić information content (AvgIpc) is 2.56. The van der Waals surface area contributed by atoms with Crippen molar-refractivity contribution in [1.82, 2.24) is 14.9 Å². The van der Waals surface area contributed by atoms with Gasteiger partial charge in [0.2, 0.25) is 0 Å². The molecule has 0 atom stereocenters. The van der Waals surface area contributed by atoms with Crippen LogP contribution in [0, 0.1) is 0 Å². The van der Waals surface area contributed by atoms with Gasteiger partial charge in [0.25, 0.3) is 5.91 Å². The number of carbonyl (C=O) groups excluding carboxylic acids is 1. The summed E-state index contributed by atoms with van der Waals surface area (Å²) in [5, 5.41) is 2.58. The van der Waals surface area contributed by atoms with E-state index in [0.29, 0.717) is 13.1 Å². The lowest BCUT2D eigenvalue weighted by Gasteiger charge is -2.18. The minimum absolute atomic E-state index is 0.123. The molecule has 5 nitrogen and oxygen atoms in total. The maximum Gasteiger partial charge on any atom is 0.418 e. The van der Waals surface area contributed by atoms with Crippen LogP contribution in [0.5, 0.6) is 0 Å². The highest BCUT2D eigenvalue weighted by Crippen LogP contribution is 2.35. The van der Waals surface area contributed by atoms with Crippen LogP contribution >= 0.6 is 0 Å². The fourth-order valence-electron chi connectivity index (χ4n) is 2.15. The van der Waals surface area contributed by atoms with Gasteiger partial charge in [0.1, 0.15) is 11.5 Å². The number of alkyl halides is 3. The van der Waals surface area contributed by atoms with Gasteiger partial charge in [-0.25, -0.2) is 9.97 Å². The molecule has 0 unspecified atom stereocenters. The van der Waals surface area contributed by atoms with Crippen molar-refractivity contribution in [2.75, 3.05) is 18.4 Å². The van der Waals surface area contributed by atoms with Gasteiger partial charge in [0.15, 0.2) is 0 Å². The minimum atomic E-state index is -4.48. The van der Waals surface area contributed by atoms with Crippen molar-refractivity contribution < 1.29 is 18.0 Å². The third kappa shape index (κ3) is 4.01. The predicted octanol–water partition coefficient (Wildman–Crippen LogP) is 3.72. The lowest BCUT2D eigenvalue weighted by Crippen LogP contribution is -2.31. The zero-order valence-corrected chi connectivity index (χ0v) is 13.3. The molecule has 1 aromatic heterocycles. The Bertz CT molecular complexity index is 697. The summed E-state index contributed by atoms with van der Waals surface area (Å²) in [5.74, 6) is -0.141. The van der Waals surface area contributed by atoms with E-state index in [1.807, 2.05) is 13.8 Å². The van der Waals surface area contributed by atoms with E-state index in [0.717, 1.165) is 6.07 Å². The molecule has 0 saturated heterocycles. The third-order valence-electron chi connectivity index (χ3n) is 3.42. The van der Waals surface area contributed by atoms with Crippen LogP contribution in [-0.4, -0.2) is 33.9 Å². The number of hydrogen-bond acceptors (Lipinski definition) is 4. The molecular formula is C16H17F3N4O. The van der Waals surface area contributed by atoms with Gasteiger partial charge < -0.3 is 10.2 Å². The normalized spacial score (nSPS) is 11.2. The topological polar surface area (TPSA) is 58.1 Å². The maximum atomic E-state index is 13.0. The molecule has 128 valence electrons. The first kappa shape index (κ1) is 17.7. The fraction of sp³-hybridized carbons (Fsp3) is 0.312. The highest BCUT2D eigenvalue weighted by atomic mass is 19.4. The first-order valence-electron chi connectivity index (χ1n) is 7.41. The number of carbonyl (C=O) groups is 1. The standard InChI is InChI=1S/C16H17F3N4O/c1-3-23(4-2)15(24)13-9-21-14(10-20-13)22-12-8-6-5-7-11(12)16(17,18)19/h5-10H,3-4H2,1-2H3,(H,21,22). The molecule has 1 amide bonds. The fourth-order valence-corrected chi connectivity index (χ4v) is 2.15. The number of amides is 1.